The number of nitrogens with zero attached hydrogens (tertiary/aromatic N) is 2. The van der Waals surface area contributed by atoms with E-state index in [0.717, 1.165) is 44.0 Å². The molecule has 0 aromatic heterocycles. The van der Waals surface area contributed by atoms with Gasteiger partial charge in [-0.15, -0.1) is 0 Å². The van der Waals surface area contributed by atoms with Crippen LogP contribution in [0.2, 0.25) is 0 Å². The number of morpholine rings is 1. The first kappa shape index (κ1) is 24.4. The summed E-state index contributed by atoms with van der Waals surface area (Å²) in [5, 5.41) is 4.02. The lowest BCUT2D eigenvalue weighted by Gasteiger charge is -2.26. The second-order valence-electron chi connectivity index (χ2n) is 8.73. The van der Waals surface area contributed by atoms with Crippen LogP contribution in [0.4, 0.5) is 0 Å². The largest absolute Gasteiger partial charge is 0.482 e. The van der Waals surface area contributed by atoms with Gasteiger partial charge in [-0.2, -0.15) is 5.10 Å². The number of rotatable bonds is 8. The van der Waals surface area contributed by atoms with Crippen LogP contribution in [0.3, 0.4) is 0 Å². The van der Waals surface area contributed by atoms with Crippen molar-refractivity contribution < 1.29 is 23.8 Å². The molecule has 2 aromatic carbocycles. The Labute approximate surface area is 194 Å². The molecular formula is C25H31N3O5. The summed E-state index contributed by atoms with van der Waals surface area (Å²) in [7, 11) is 0. The Bertz CT molecular complexity index is 944. The van der Waals surface area contributed by atoms with Crippen molar-refractivity contribution in [1.29, 1.82) is 0 Å². The minimum atomic E-state index is -0.545. The molecule has 1 aliphatic heterocycles. The Hall–Kier alpha value is -3.23. The number of carbonyl (C=O) groups is 2. The number of esters is 1. The van der Waals surface area contributed by atoms with E-state index < -0.39 is 11.6 Å². The number of ether oxygens (including phenoxy) is 3. The Kier molecular flexibility index (Phi) is 8.57. The SMILES string of the molecule is CC(C)(C)OC(=O)COc1ccc(C=NNC(=O)c2ccc(CN3CCOCC3)cc2)cc1. The monoisotopic (exact) mass is 453 g/mol. The lowest BCUT2D eigenvalue weighted by molar-refractivity contribution is -0.157. The van der Waals surface area contributed by atoms with Crippen LogP contribution in [0.25, 0.3) is 0 Å². The van der Waals surface area contributed by atoms with Gasteiger partial charge in [0, 0.05) is 25.2 Å². The molecule has 33 heavy (non-hydrogen) atoms. The molecule has 1 aliphatic rings. The summed E-state index contributed by atoms with van der Waals surface area (Å²) < 4.78 is 16.0. The maximum absolute atomic E-state index is 12.3. The van der Waals surface area contributed by atoms with Gasteiger partial charge in [0.15, 0.2) is 6.61 Å². The fourth-order valence-electron chi connectivity index (χ4n) is 3.17. The van der Waals surface area contributed by atoms with E-state index in [2.05, 4.69) is 15.4 Å². The fourth-order valence-corrected chi connectivity index (χ4v) is 3.17. The molecule has 8 nitrogen and oxygen atoms in total. The third-order valence-corrected chi connectivity index (χ3v) is 4.76. The van der Waals surface area contributed by atoms with E-state index in [1.807, 2.05) is 12.1 Å². The standard InChI is InChI=1S/C25H31N3O5/c1-25(2,3)33-23(29)18-32-22-10-6-19(7-11-22)16-26-27-24(30)21-8-4-20(5-9-21)17-28-12-14-31-15-13-28/h4-11,16H,12-15,17-18H2,1-3H3,(H,27,30). The van der Waals surface area contributed by atoms with Crippen molar-refractivity contribution in [3.8, 4) is 5.75 Å². The van der Waals surface area contributed by atoms with Crippen molar-refractivity contribution in [1.82, 2.24) is 10.3 Å². The molecule has 0 atom stereocenters. The molecule has 1 fully saturated rings. The summed E-state index contributed by atoms with van der Waals surface area (Å²) in [5.41, 5.74) is 4.47. The van der Waals surface area contributed by atoms with Crippen LogP contribution in [0.1, 0.15) is 42.3 Å². The van der Waals surface area contributed by atoms with E-state index in [0.29, 0.717) is 11.3 Å². The van der Waals surface area contributed by atoms with Gasteiger partial charge in [0.1, 0.15) is 11.4 Å². The van der Waals surface area contributed by atoms with Gasteiger partial charge in [0.05, 0.1) is 19.4 Å². The highest BCUT2D eigenvalue weighted by Crippen LogP contribution is 2.13. The predicted molar refractivity (Wildman–Crippen MR) is 125 cm³/mol. The summed E-state index contributed by atoms with van der Waals surface area (Å²) >= 11 is 0. The lowest BCUT2D eigenvalue weighted by Crippen LogP contribution is -2.35. The van der Waals surface area contributed by atoms with Crippen molar-refractivity contribution in [3.05, 3.63) is 65.2 Å². The topological polar surface area (TPSA) is 89.5 Å². The third kappa shape index (κ3) is 8.67. The third-order valence-electron chi connectivity index (χ3n) is 4.76. The lowest BCUT2D eigenvalue weighted by atomic mass is 10.1. The van der Waals surface area contributed by atoms with Crippen LogP contribution in [0.15, 0.2) is 53.6 Å². The molecule has 1 amide bonds. The molecule has 0 saturated carbocycles. The van der Waals surface area contributed by atoms with E-state index in [4.69, 9.17) is 14.2 Å². The van der Waals surface area contributed by atoms with Gasteiger partial charge in [-0.05, 0) is 68.3 Å². The van der Waals surface area contributed by atoms with Gasteiger partial charge in [-0.3, -0.25) is 9.69 Å². The summed E-state index contributed by atoms with van der Waals surface area (Å²) in [6.45, 7) is 9.48. The van der Waals surface area contributed by atoms with Crippen molar-refractivity contribution >= 4 is 18.1 Å². The maximum Gasteiger partial charge on any atom is 0.344 e. The van der Waals surface area contributed by atoms with Crippen molar-refractivity contribution in [2.24, 2.45) is 5.10 Å². The van der Waals surface area contributed by atoms with Gasteiger partial charge in [-0.1, -0.05) is 12.1 Å². The van der Waals surface area contributed by atoms with Crippen LogP contribution in [0.5, 0.6) is 5.75 Å². The number of nitrogens with one attached hydrogen (secondary N) is 1. The molecule has 0 unspecified atom stereocenters. The van der Waals surface area contributed by atoms with Crippen molar-refractivity contribution in [2.45, 2.75) is 32.9 Å². The Balaban J connectivity index is 1.43. The zero-order valence-electron chi connectivity index (χ0n) is 19.4. The van der Waals surface area contributed by atoms with Gasteiger partial charge >= 0.3 is 5.97 Å². The number of carbonyl (C=O) groups excluding carboxylic acids is 2. The molecule has 0 bridgehead atoms. The molecule has 3 rings (SSSR count). The number of hydrogen-bond donors (Lipinski definition) is 1. The molecule has 1 saturated heterocycles. The fraction of sp³-hybridized carbons (Fsp3) is 0.400. The van der Waals surface area contributed by atoms with Crippen molar-refractivity contribution in [2.75, 3.05) is 32.9 Å². The normalized spacial score (nSPS) is 14.8. The molecule has 2 aromatic rings. The molecule has 8 heteroatoms. The van der Waals surface area contributed by atoms with E-state index >= 15 is 0 Å². The molecule has 0 aliphatic carbocycles. The van der Waals surface area contributed by atoms with E-state index in [1.54, 1.807) is 63.4 Å². The first-order valence-corrected chi connectivity index (χ1v) is 11.0. The van der Waals surface area contributed by atoms with E-state index in [1.165, 1.54) is 0 Å². The smallest absolute Gasteiger partial charge is 0.344 e. The van der Waals surface area contributed by atoms with Crippen LogP contribution in [-0.2, 0) is 20.8 Å². The minimum absolute atomic E-state index is 0.161. The van der Waals surface area contributed by atoms with Crippen molar-refractivity contribution in [3.63, 3.8) is 0 Å². The first-order chi connectivity index (χ1) is 15.8. The highest BCUT2D eigenvalue weighted by molar-refractivity contribution is 5.94. The zero-order valence-corrected chi connectivity index (χ0v) is 19.4. The summed E-state index contributed by atoms with van der Waals surface area (Å²) in [4.78, 5) is 26.4. The quantitative estimate of drug-likeness (QED) is 0.376. The van der Waals surface area contributed by atoms with Gasteiger partial charge < -0.3 is 14.2 Å². The highest BCUT2D eigenvalue weighted by atomic mass is 16.6. The predicted octanol–water partition coefficient (Wildman–Crippen LogP) is 3.00. The summed E-state index contributed by atoms with van der Waals surface area (Å²) in [6, 6.07) is 14.5. The number of hydrogen-bond acceptors (Lipinski definition) is 7. The molecule has 0 spiro atoms. The highest BCUT2D eigenvalue weighted by Gasteiger charge is 2.16. The number of hydrazone groups is 1. The Morgan fingerprint density at radius 2 is 1.73 bits per heavy atom. The Morgan fingerprint density at radius 3 is 2.36 bits per heavy atom. The molecule has 1 N–H and O–H groups in total. The minimum Gasteiger partial charge on any atom is -0.482 e. The second-order valence-corrected chi connectivity index (χ2v) is 8.73. The molecular weight excluding hydrogens is 422 g/mol. The maximum atomic E-state index is 12.3. The molecule has 0 radical (unpaired) electrons. The first-order valence-electron chi connectivity index (χ1n) is 11.0. The Morgan fingerprint density at radius 1 is 1.06 bits per heavy atom. The van der Waals surface area contributed by atoms with Crippen LogP contribution < -0.4 is 10.2 Å². The van der Waals surface area contributed by atoms with E-state index in [-0.39, 0.29) is 12.5 Å². The van der Waals surface area contributed by atoms with E-state index in [9.17, 15) is 9.59 Å². The second kappa shape index (κ2) is 11.6. The molecule has 176 valence electrons. The average Bonchev–Trinajstić information content (AvgIpc) is 2.78. The van der Waals surface area contributed by atoms with Crippen LogP contribution in [0, 0.1) is 0 Å². The number of amides is 1. The number of benzene rings is 2. The van der Waals surface area contributed by atoms with Crippen LogP contribution in [-0.4, -0.2) is 61.5 Å². The van der Waals surface area contributed by atoms with Gasteiger partial charge in [-0.25, -0.2) is 10.2 Å². The summed E-state index contributed by atoms with van der Waals surface area (Å²) in [6.07, 6.45) is 1.54. The van der Waals surface area contributed by atoms with Crippen LogP contribution >= 0.6 is 0 Å². The average molecular weight is 454 g/mol. The summed E-state index contributed by atoms with van der Waals surface area (Å²) in [5.74, 6) is -0.161. The zero-order chi connectivity index (χ0) is 23.7. The van der Waals surface area contributed by atoms with Gasteiger partial charge in [0.25, 0.3) is 5.91 Å². The molecule has 1 heterocycles. The van der Waals surface area contributed by atoms with Gasteiger partial charge in [0.2, 0.25) is 0 Å².